The van der Waals surface area contributed by atoms with Crippen molar-refractivity contribution in [3.63, 3.8) is 0 Å². The average Bonchev–Trinajstić information content (AvgIpc) is 2.73. The van der Waals surface area contributed by atoms with Crippen LogP contribution < -0.4 is 4.74 Å². The molecule has 0 spiro atoms. The largest absolute Gasteiger partial charge is 0.496 e. The van der Waals surface area contributed by atoms with Crippen molar-refractivity contribution in [1.82, 2.24) is 9.40 Å². The molecule has 0 amide bonds. The number of pyridine rings is 1. The Kier molecular flexibility index (Phi) is 4.84. The summed E-state index contributed by atoms with van der Waals surface area (Å²) in [5.74, 6) is 0.706. The van der Waals surface area contributed by atoms with E-state index in [1.54, 1.807) is 31.5 Å². The first-order valence-electron chi connectivity index (χ1n) is 9.18. The number of aryl methyl sites for hydroxylation is 1. The highest BCUT2D eigenvalue weighted by Gasteiger charge is 2.33. The van der Waals surface area contributed by atoms with Crippen molar-refractivity contribution in [3.8, 4) is 5.75 Å². The van der Waals surface area contributed by atoms with Gasteiger partial charge in [-0.2, -0.15) is 17.9 Å². The highest BCUT2D eigenvalue weighted by atomic mass is 32.2. The Morgan fingerprint density at radius 2 is 1.69 bits per heavy atom. The van der Waals surface area contributed by atoms with Gasteiger partial charge in [0.15, 0.2) is 0 Å². The van der Waals surface area contributed by atoms with E-state index in [-0.39, 0.29) is 11.4 Å². The third-order valence-corrected chi connectivity index (χ3v) is 6.67. The van der Waals surface area contributed by atoms with Gasteiger partial charge in [-0.15, -0.1) is 0 Å². The molecule has 0 atom stereocenters. The van der Waals surface area contributed by atoms with E-state index < -0.39 is 10.0 Å². The molecule has 148 valence electrons. The van der Waals surface area contributed by atoms with E-state index in [1.165, 1.54) is 0 Å². The standard InChI is InChI=1S/C22H21N3O3S/c1-15-13-23-19(16(2)22(15)28-3)14-25-24-21(17-9-5-4-6-10-17)18-11-7-8-12-20(18)29(25,26)27/h4-13H,14H2,1-3H3. The van der Waals surface area contributed by atoms with Gasteiger partial charge in [0.1, 0.15) is 11.5 Å². The van der Waals surface area contributed by atoms with Crippen molar-refractivity contribution in [1.29, 1.82) is 0 Å². The fourth-order valence-corrected chi connectivity index (χ4v) is 4.91. The molecule has 29 heavy (non-hydrogen) atoms. The molecule has 3 aromatic rings. The molecule has 0 N–H and O–H groups in total. The Hall–Kier alpha value is -3.19. The maximum Gasteiger partial charge on any atom is 0.280 e. The molecule has 0 aliphatic carbocycles. The first-order valence-corrected chi connectivity index (χ1v) is 10.6. The van der Waals surface area contributed by atoms with Crippen molar-refractivity contribution in [2.45, 2.75) is 25.3 Å². The zero-order valence-corrected chi connectivity index (χ0v) is 17.3. The molecular formula is C22H21N3O3S. The fraction of sp³-hybridized carbons (Fsp3) is 0.182. The minimum Gasteiger partial charge on any atom is -0.496 e. The first-order chi connectivity index (χ1) is 13.9. The van der Waals surface area contributed by atoms with Crippen LogP contribution in [0.3, 0.4) is 0 Å². The Morgan fingerprint density at radius 1 is 1.00 bits per heavy atom. The third kappa shape index (κ3) is 3.27. The van der Waals surface area contributed by atoms with Gasteiger partial charge in [-0.1, -0.05) is 48.5 Å². The van der Waals surface area contributed by atoms with Gasteiger partial charge in [0.25, 0.3) is 10.0 Å². The van der Waals surface area contributed by atoms with Crippen molar-refractivity contribution < 1.29 is 13.2 Å². The average molecular weight is 407 g/mol. The van der Waals surface area contributed by atoms with Crippen molar-refractivity contribution in [2.24, 2.45) is 5.10 Å². The van der Waals surface area contributed by atoms with Gasteiger partial charge < -0.3 is 4.74 Å². The number of fused-ring (bicyclic) bond motifs is 1. The summed E-state index contributed by atoms with van der Waals surface area (Å²) in [6, 6.07) is 16.5. The van der Waals surface area contributed by atoms with Crippen LogP contribution in [0.5, 0.6) is 5.75 Å². The lowest BCUT2D eigenvalue weighted by Gasteiger charge is -2.27. The number of hydrazone groups is 1. The van der Waals surface area contributed by atoms with E-state index in [1.807, 2.05) is 50.2 Å². The van der Waals surface area contributed by atoms with E-state index in [9.17, 15) is 8.42 Å². The predicted molar refractivity (Wildman–Crippen MR) is 112 cm³/mol. The molecule has 1 aliphatic rings. The normalized spacial score (nSPS) is 14.9. The number of rotatable bonds is 4. The summed E-state index contributed by atoms with van der Waals surface area (Å²) in [5.41, 5.74) is 4.37. The van der Waals surface area contributed by atoms with Crippen molar-refractivity contribution in [3.05, 3.63) is 88.7 Å². The molecule has 6 nitrogen and oxygen atoms in total. The predicted octanol–water partition coefficient (Wildman–Crippen LogP) is 3.66. The quantitative estimate of drug-likeness (QED) is 0.662. The number of nitrogens with zero attached hydrogens (tertiary/aromatic N) is 3. The smallest absolute Gasteiger partial charge is 0.280 e. The van der Waals surface area contributed by atoms with Crippen molar-refractivity contribution >= 4 is 15.7 Å². The van der Waals surface area contributed by atoms with E-state index in [2.05, 4.69) is 10.1 Å². The molecule has 7 heteroatoms. The van der Waals surface area contributed by atoms with Crippen LogP contribution in [-0.2, 0) is 16.6 Å². The van der Waals surface area contributed by atoms with Crippen LogP contribution in [0.25, 0.3) is 0 Å². The Morgan fingerprint density at radius 3 is 2.41 bits per heavy atom. The molecule has 0 unspecified atom stereocenters. The van der Waals surface area contributed by atoms with Gasteiger partial charge in [0.05, 0.1) is 24.2 Å². The lowest BCUT2D eigenvalue weighted by molar-refractivity contribution is 0.397. The second kappa shape index (κ2) is 7.33. The molecule has 0 saturated carbocycles. The lowest BCUT2D eigenvalue weighted by Crippen LogP contribution is -2.33. The molecular weight excluding hydrogens is 386 g/mol. The monoisotopic (exact) mass is 407 g/mol. The SMILES string of the molecule is COc1c(C)cnc(CN2N=C(c3ccccc3)c3ccccc3S2(=O)=O)c1C. The highest BCUT2D eigenvalue weighted by molar-refractivity contribution is 7.89. The Balaban J connectivity index is 1.86. The Bertz CT molecular complexity index is 1210. The molecule has 1 aromatic heterocycles. The number of benzene rings is 2. The van der Waals surface area contributed by atoms with Gasteiger partial charge >= 0.3 is 0 Å². The molecule has 2 heterocycles. The number of hydrogen-bond acceptors (Lipinski definition) is 5. The number of methoxy groups -OCH3 is 1. The van der Waals surface area contributed by atoms with Crippen LogP contribution in [0.4, 0.5) is 0 Å². The minimum atomic E-state index is -3.80. The van der Waals surface area contributed by atoms with Gasteiger partial charge in [-0.05, 0) is 19.9 Å². The topological polar surface area (TPSA) is 71.9 Å². The van der Waals surface area contributed by atoms with Gasteiger partial charge in [0.2, 0.25) is 0 Å². The van der Waals surface area contributed by atoms with Gasteiger partial charge in [-0.3, -0.25) is 4.98 Å². The number of aromatic nitrogens is 1. The maximum absolute atomic E-state index is 13.3. The summed E-state index contributed by atoms with van der Waals surface area (Å²) in [7, 11) is -2.21. The molecule has 0 bridgehead atoms. The second-order valence-electron chi connectivity index (χ2n) is 6.84. The van der Waals surface area contributed by atoms with E-state index in [4.69, 9.17) is 4.74 Å². The molecule has 2 aromatic carbocycles. The summed E-state index contributed by atoms with van der Waals surface area (Å²) >= 11 is 0. The van der Waals surface area contributed by atoms with Crippen LogP contribution >= 0.6 is 0 Å². The van der Waals surface area contributed by atoms with E-state index >= 15 is 0 Å². The minimum absolute atomic E-state index is 0.0233. The lowest BCUT2D eigenvalue weighted by atomic mass is 10.0. The second-order valence-corrected chi connectivity index (χ2v) is 8.65. The highest BCUT2D eigenvalue weighted by Crippen LogP contribution is 2.31. The number of hydrogen-bond donors (Lipinski definition) is 0. The molecule has 0 saturated heterocycles. The summed E-state index contributed by atoms with van der Waals surface area (Å²) in [4.78, 5) is 4.69. The summed E-state index contributed by atoms with van der Waals surface area (Å²) in [5, 5.41) is 4.54. The van der Waals surface area contributed by atoms with Crippen LogP contribution in [0.1, 0.15) is 27.9 Å². The summed E-state index contributed by atoms with van der Waals surface area (Å²) in [6.45, 7) is 3.80. The molecule has 0 radical (unpaired) electrons. The third-order valence-electron chi connectivity index (χ3n) is 4.99. The fourth-order valence-electron chi connectivity index (χ4n) is 3.51. The van der Waals surface area contributed by atoms with Crippen LogP contribution in [-0.4, -0.2) is 30.6 Å². The van der Waals surface area contributed by atoms with Gasteiger partial charge in [0, 0.05) is 28.5 Å². The van der Waals surface area contributed by atoms with Crippen LogP contribution in [0.2, 0.25) is 0 Å². The first kappa shape index (κ1) is 19.1. The van der Waals surface area contributed by atoms with E-state index in [0.717, 1.165) is 21.1 Å². The molecule has 1 aliphatic heterocycles. The van der Waals surface area contributed by atoms with Crippen LogP contribution in [0, 0.1) is 13.8 Å². The van der Waals surface area contributed by atoms with Gasteiger partial charge in [-0.25, -0.2) is 0 Å². The number of ether oxygens (including phenoxy) is 1. The zero-order valence-electron chi connectivity index (χ0n) is 16.5. The van der Waals surface area contributed by atoms with E-state index in [0.29, 0.717) is 22.7 Å². The van der Waals surface area contributed by atoms with Crippen LogP contribution in [0.15, 0.2) is 70.8 Å². The summed E-state index contributed by atoms with van der Waals surface area (Å²) in [6.07, 6.45) is 1.69. The maximum atomic E-state index is 13.3. The molecule has 4 rings (SSSR count). The summed E-state index contributed by atoms with van der Waals surface area (Å²) < 4.78 is 33.1. The zero-order chi connectivity index (χ0) is 20.6. The van der Waals surface area contributed by atoms with Crippen molar-refractivity contribution in [2.75, 3.05) is 7.11 Å². The Labute approximate surface area is 170 Å². The number of sulfonamides is 1. The molecule has 0 fully saturated rings.